The number of benzene rings is 2. The van der Waals surface area contributed by atoms with E-state index in [0.717, 1.165) is 46.5 Å². The molecule has 0 radical (unpaired) electrons. The molecule has 0 saturated carbocycles. The number of aldehydes is 1. The molecular weight excluding hydrogens is 324 g/mol. The van der Waals surface area contributed by atoms with Crippen LogP contribution in [0.4, 0.5) is 5.69 Å². The quantitative estimate of drug-likeness (QED) is 0.549. The number of nitrogens with one attached hydrogen (secondary N) is 1. The highest BCUT2D eigenvalue weighted by atomic mass is 16.1. The first-order valence-electron chi connectivity index (χ1n) is 8.53. The highest BCUT2D eigenvalue weighted by Gasteiger charge is 2.14. The van der Waals surface area contributed by atoms with Crippen molar-refractivity contribution < 1.29 is 4.79 Å². The van der Waals surface area contributed by atoms with E-state index in [2.05, 4.69) is 34.5 Å². The van der Waals surface area contributed by atoms with Crippen molar-refractivity contribution in [2.45, 2.75) is 6.92 Å². The van der Waals surface area contributed by atoms with Crippen LogP contribution in [0.5, 0.6) is 0 Å². The molecule has 26 heavy (non-hydrogen) atoms. The summed E-state index contributed by atoms with van der Waals surface area (Å²) < 4.78 is 1.82. The molecule has 0 aliphatic carbocycles. The molecule has 0 aliphatic heterocycles. The molecule has 0 bridgehead atoms. The number of anilines is 1. The Hall–Kier alpha value is -3.47. The minimum atomic E-state index is 0.628. The average Bonchev–Trinajstić information content (AvgIpc) is 3.12. The first kappa shape index (κ1) is 16.0. The molecule has 0 saturated heterocycles. The Kier molecular flexibility index (Phi) is 4.19. The van der Waals surface area contributed by atoms with Gasteiger partial charge in [0, 0.05) is 35.1 Å². The van der Waals surface area contributed by atoms with Gasteiger partial charge < -0.3 is 5.32 Å². The summed E-state index contributed by atoms with van der Waals surface area (Å²) in [7, 11) is 0. The third-order valence-corrected chi connectivity index (χ3v) is 4.32. The predicted molar refractivity (Wildman–Crippen MR) is 103 cm³/mol. The molecule has 2 heterocycles. The van der Waals surface area contributed by atoms with Crippen molar-refractivity contribution >= 4 is 17.6 Å². The smallest absolute Gasteiger partial charge is 0.163 e. The molecule has 0 amide bonds. The van der Waals surface area contributed by atoms with Crippen molar-refractivity contribution in [3.63, 3.8) is 0 Å². The van der Waals surface area contributed by atoms with E-state index in [4.69, 9.17) is 0 Å². The van der Waals surface area contributed by atoms with Crippen molar-refractivity contribution in [1.82, 2.24) is 14.6 Å². The molecule has 4 aromatic rings. The van der Waals surface area contributed by atoms with Gasteiger partial charge in [0.2, 0.25) is 0 Å². The number of hydrogen-bond donors (Lipinski definition) is 1. The largest absolute Gasteiger partial charge is 0.385 e. The van der Waals surface area contributed by atoms with E-state index in [1.807, 2.05) is 40.9 Å². The summed E-state index contributed by atoms with van der Waals surface area (Å²) in [5.41, 5.74) is 6.10. The average molecular weight is 342 g/mol. The molecule has 2 aromatic heterocycles. The van der Waals surface area contributed by atoms with E-state index >= 15 is 0 Å². The van der Waals surface area contributed by atoms with Gasteiger partial charge in [-0.15, -0.1) is 0 Å². The standard InChI is InChI=1S/C21H18N4O/c1-2-22-17-8-5-7-15(12-17)20-10-11-23-21-19(13-24-25(20)21)18-9-4-3-6-16(18)14-26/h3-14,22H,2H2,1H3. The molecule has 0 aliphatic rings. The highest BCUT2D eigenvalue weighted by Crippen LogP contribution is 2.29. The van der Waals surface area contributed by atoms with Crippen LogP contribution in [0.2, 0.25) is 0 Å². The van der Waals surface area contributed by atoms with E-state index < -0.39 is 0 Å². The normalized spacial score (nSPS) is 10.8. The van der Waals surface area contributed by atoms with Gasteiger partial charge in [-0.3, -0.25) is 4.79 Å². The van der Waals surface area contributed by atoms with Crippen molar-refractivity contribution in [2.75, 3.05) is 11.9 Å². The lowest BCUT2D eigenvalue weighted by molar-refractivity contribution is 0.112. The molecule has 2 aromatic carbocycles. The third kappa shape index (κ3) is 2.73. The summed E-state index contributed by atoms with van der Waals surface area (Å²) in [4.78, 5) is 15.9. The van der Waals surface area contributed by atoms with Crippen LogP contribution in [-0.2, 0) is 0 Å². The lowest BCUT2D eigenvalue weighted by Crippen LogP contribution is -1.99. The molecule has 0 fully saturated rings. The summed E-state index contributed by atoms with van der Waals surface area (Å²) in [5, 5.41) is 7.87. The molecule has 4 rings (SSSR count). The Balaban J connectivity index is 1.88. The molecule has 0 atom stereocenters. The maximum Gasteiger partial charge on any atom is 0.163 e. The van der Waals surface area contributed by atoms with Crippen LogP contribution in [0.3, 0.4) is 0 Å². The molecule has 1 N–H and O–H groups in total. The van der Waals surface area contributed by atoms with Crippen LogP contribution in [-0.4, -0.2) is 27.4 Å². The first-order chi connectivity index (χ1) is 12.8. The van der Waals surface area contributed by atoms with Gasteiger partial charge >= 0.3 is 0 Å². The monoisotopic (exact) mass is 342 g/mol. The maximum atomic E-state index is 11.4. The van der Waals surface area contributed by atoms with Crippen molar-refractivity contribution in [2.24, 2.45) is 0 Å². The summed E-state index contributed by atoms with van der Waals surface area (Å²) in [5.74, 6) is 0. The van der Waals surface area contributed by atoms with Crippen LogP contribution in [0.15, 0.2) is 67.0 Å². The molecule has 0 unspecified atom stereocenters. The number of carbonyl (C=O) groups excluding carboxylic acids is 1. The maximum absolute atomic E-state index is 11.4. The lowest BCUT2D eigenvalue weighted by Gasteiger charge is -2.08. The minimum absolute atomic E-state index is 0.628. The van der Waals surface area contributed by atoms with Crippen LogP contribution < -0.4 is 5.32 Å². The zero-order valence-electron chi connectivity index (χ0n) is 14.4. The van der Waals surface area contributed by atoms with Crippen LogP contribution >= 0.6 is 0 Å². The zero-order valence-corrected chi connectivity index (χ0v) is 14.4. The second-order valence-corrected chi connectivity index (χ2v) is 5.94. The number of carbonyl (C=O) groups is 1. The van der Waals surface area contributed by atoms with Gasteiger partial charge in [0.1, 0.15) is 0 Å². The van der Waals surface area contributed by atoms with Gasteiger partial charge in [0.15, 0.2) is 11.9 Å². The second-order valence-electron chi connectivity index (χ2n) is 5.94. The van der Waals surface area contributed by atoms with Crippen molar-refractivity contribution in [3.05, 3.63) is 72.6 Å². The van der Waals surface area contributed by atoms with Crippen LogP contribution in [0.1, 0.15) is 17.3 Å². The number of aromatic nitrogens is 3. The van der Waals surface area contributed by atoms with Crippen LogP contribution in [0, 0.1) is 0 Å². The molecule has 0 spiro atoms. The van der Waals surface area contributed by atoms with Gasteiger partial charge in [0.25, 0.3) is 0 Å². The summed E-state index contributed by atoms with van der Waals surface area (Å²) in [6.07, 6.45) is 4.41. The second kappa shape index (κ2) is 6.80. The van der Waals surface area contributed by atoms with Crippen molar-refractivity contribution in [1.29, 1.82) is 0 Å². The van der Waals surface area contributed by atoms with Gasteiger partial charge in [-0.25, -0.2) is 9.50 Å². The number of hydrogen-bond acceptors (Lipinski definition) is 4. The number of nitrogens with zero attached hydrogens (tertiary/aromatic N) is 3. The first-order valence-corrected chi connectivity index (χ1v) is 8.53. The molecular formula is C21H18N4O. The topological polar surface area (TPSA) is 59.3 Å². The Morgan fingerprint density at radius 1 is 1.08 bits per heavy atom. The van der Waals surface area contributed by atoms with Crippen molar-refractivity contribution in [3.8, 4) is 22.4 Å². The SMILES string of the molecule is CCNc1cccc(-c2ccnc3c(-c4ccccc4C=O)cnn23)c1. The van der Waals surface area contributed by atoms with E-state index in [-0.39, 0.29) is 0 Å². The Labute approximate surface area is 151 Å². The summed E-state index contributed by atoms with van der Waals surface area (Å²) >= 11 is 0. The zero-order chi connectivity index (χ0) is 17.9. The van der Waals surface area contributed by atoms with Gasteiger partial charge in [-0.2, -0.15) is 5.10 Å². The van der Waals surface area contributed by atoms with E-state index in [1.165, 1.54) is 0 Å². The number of fused-ring (bicyclic) bond motifs is 1. The van der Waals surface area contributed by atoms with Crippen LogP contribution in [0.25, 0.3) is 28.0 Å². The highest BCUT2D eigenvalue weighted by molar-refractivity contribution is 5.91. The third-order valence-electron chi connectivity index (χ3n) is 4.32. The Morgan fingerprint density at radius 3 is 2.81 bits per heavy atom. The summed E-state index contributed by atoms with van der Waals surface area (Å²) in [6.45, 7) is 2.94. The number of rotatable bonds is 5. The lowest BCUT2D eigenvalue weighted by atomic mass is 10.0. The van der Waals surface area contributed by atoms with E-state index in [0.29, 0.717) is 5.56 Å². The summed E-state index contributed by atoms with van der Waals surface area (Å²) in [6, 6.07) is 17.6. The van der Waals surface area contributed by atoms with E-state index in [9.17, 15) is 4.79 Å². The minimum Gasteiger partial charge on any atom is -0.385 e. The fourth-order valence-electron chi connectivity index (χ4n) is 3.14. The van der Waals surface area contributed by atoms with Gasteiger partial charge in [-0.1, -0.05) is 36.4 Å². The van der Waals surface area contributed by atoms with E-state index in [1.54, 1.807) is 18.5 Å². The fourth-order valence-corrected chi connectivity index (χ4v) is 3.14. The fraction of sp³-hybridized carbons (Fsp3) is 0.0952. The van der Waals surface area contributed by atoms with Gasteiger partial charge in [0.05, 0.1) is 11.9 Å². The Bertz CT molecular complexity index is 1080. The van der Waals surface area contributed by atoms with Gasteiger partial charge in [-0.05, 0) is 30.7 Å². The Morgan fingerprint density at radius 2 is 1.96 bits per heavy atom. The molecule has 128 valence electrons. The molecule has 5 nitrogen and oxygen atoms in total. The molecule has 5 heteroatoms. The predicted octanol–water partition coefficient (Wildman–Crippen LogP) is 4.31.